The van der Waals surface area contributed by atoms with E-state index in [-0.39, 0.29) is 23.7 Å². The number of rotatable bonds is 5. The monoisotopic (exact) mass is 542 g/mol. The third kappa shape index (κ3) is 4.83. The number of alkyl halides is 1. The summed E-state index contributed by atoms with van der Waals surface area (Å²) in [5.41, 5.74) is 3.37. The molecule has 0 unspecified atom stereocenters. The molecule has 0 spiro atoms. The van der Waals surface area contributed by atoms with Gasteiger partial charge < -0.3 is 10.2 Å². The molecule has 3 rings (SSSR count). The molecule has 1 aliphatic rings. The molecule has 2 aromatic rings. The first-order chi connectivity index (χ1) is 14.1. The Hall–Kier alpha value is -1.18. The van der Waals surface area contributed by atoms with E-state index in [0.717, 1.165) is 46.2 Å². The number of likely N-dealkylation sites (N-methyl/N-ethyl adjacent to an activating group) is 1. The summed E-state index contributed by atoms with van der Waals surface area (Å²) in [4.78, 5) is 15.6. The molecule has 3 nitrogen and oxygen atoms in total. The number of nitrogens with zero attached hydrogens (tertiary/aromatic N) is 1. The van der Waals surface area contributed by atoms with E-state index in [2.05, 4.69) is 34.0 Å². The number of hydrogen-bond donors (Lipinski definition) is 1. The van der Waals surface area contributed by atoms with Crippen molar-refractivity contribution in [1.29, 1.82) is 0 Å². The number of carbonyl (C=O) groups is 1. The first kappa shape index (κ1) is 23.5. The molecule has 30 heavy (non-hydrogen) atoms. The average molecular weight is 543 g/mol. The molecule has 1 saturated heterocycles. The Morgan fingerprint density at radius 3 is 2.70 bits per heavy atom. The van der Waals surface area contributed by atoms with Gasteiger partial charge in [0.15, 0.2) is 0 Å². The van der Waals surface area contributed by atoms with Crippen molar-refractivity contribution in [2.24, 2.45) is 0 Å². The maximum Gasteiger partial charge on any atom is 0.232 e. The molecule has 1 N–H and O–H groups in total. The second kappa shape index (κ2) is 9.53. The largest absolute Gasteiger partial charge is 0.341 e. The van der Waals surface area contributed by atoms with Crippen LogP contribution in [0.3, 0.4) is 0 Å². The molecule has 0 aromatic heterocycles. The van der Waals surface area contributed by atoms with Crippen LogP contribution >= 0.6 is 34.2 Å². The molecule has 2 aromatic carbocycles. The highest BCUT2D eigenvalue weighted by Crippen LogP contribution is 2.34. The Morgan fingerprint density at radius 2 is 2.03 bits per heavy atom. The summed E-state index contributed by atoms with van der Waals surface area (Å²) in [7, 11) is 1.90. The minimum absolute atomic E-state index is 0.0467. The second-order valence-corrected chi connectivity index (χ2v) is 9.89. The SMILES string of the molecule is Cc1cc(F)ccc1[C@@H]1CNCC[C@H]1N(C)C(=O)C(C)(C)c1cc(Cl)cc(CI)c1. The minimum atomic E-state index is -0.701. The lowest BCUT2D eigenvalue weighted by Crippen LogP contribution is -2.53. The van der Waals surface area contributed by atoms with Crippen molar-refractivity contribution in [3.05, 3.63) is 69.5 Å². The van der Waals surface area contributed by atoms with E-state index in [4.69, 9.17) is 11.6 Å². The molecule has 1 heterocycles. The summed E-state index contributed by atoms with van der Waals surface area (Å²) < 4.78 is 14.5. The Bertz CT molecular complexity index is 933. The van der Waals surface area contributed by atoms with Gasteiger partial charge in [0.2, 0.25) is 5.91 Å². The van der Waals surface area contributed by atoms with Gasteiger partial charge in [-0.05, 0) is 80.3 Å². The molecule has 1 fully saturated rings. The number of carbonyl (C=O) groups excluding carboxylic acids is 1. The van der Waals surface area contributed by atoms with Gasteiger partial charge in [-0.25, -0.2) is 4.39 Å². The number of hydrogen-bond acceptors (Lipinski definition) is 2. The molecule has 162 valence electrons. The predicted octanol–water partition coefficient (Wildman–Crippen LogP) is 5.60. The Labute approximate surface area is 197 Å². The summed E-state index contributed by atoms with van der Waals surface area (Å²) in [6, 6.07) is 10.9. The Balaban J connectivity index is 1.91. The van der Waals surface area contributed by atoms with Gasteiger partial charge in [-0.2, -0.15) is 0 Å². The van der Waals surface area contributed by atoms with Gasteiger partial charge in [0.05, 0.1) is 5.41 Å². The summed E-state index contributed by atoms with van der Waals surface area (Å²) in [5, 5.41) is 4.10. The fourth-order valence-electron chi connectivity index (χ4n) is 4.48. The zero-order valence-corrected chi connectivity index (χ0v) is 20.9. The topological polar surface area (TPSA) is 32.3 Å². The number of nitrogens with one attached hydrogen (secondary N) is 1. The van der Waals surface area contributed by atoms with Crippen molar-refractivity contribution in [3.63, 3.8) is 0 Å². The molecular weight excluding hydrogens is 514 g/mol. The number of amides is 1. The van der Waals surface area contributed by atoms with Gasteiger partial charge in [0, 0.05) is 35.0 Å². The molecule has 0 radical (unpaired) electrons. The molecule has 0 saturated carbocycles. The quantitative estimate of drug-likeness (QED) is 0.394. The lowest BCUT2D eigenvalue weighted by molar-refractivity contribution is -0.138. The van der Waals surface area contributed by atoms with Crippen LogP contribution in [0.1, 0.15) is 48.4 Å². The predicted molar refractivity (Wildman–Crippen MR) is 130 cm³/mol. The van der Waals surface area contributed by atoms with Crippen molar-refractivity contribution >= 4 is 40.1 Å². The summed E-state index contributed by atoms with van der Waals surface area (Å²) in [6.45, 7) is 7.50. The summed E-state index contributed by atoms with van der Waals surface area (Å²) in [6.07, 6.45) is 0.856. The van der Waals surface area contributed by atoms with E-state index in [1.54, 1.807) is 6.07 Å². The molecular formula is C24H29ClFIN2O. The highest BCUT2D eigenvalue weighted by atomic mass is 127. The van der Waals surface area contributed by atoms with Crippen molar-refractivity contribution < 1.29 is 9.18 Å². The van der Waals surface area contributed by atoms with Gasteiger partial charge in [0.25, 0.3) is 0 Å². The molecule has 2 atom stereocenters. The first-order valence-electron chi connectivity index (χ1n) is 10.2. The zero-order chi connectivity index (χ0) is 22.1. The van der Waals surface area contributed by atoms with Crippen LogP contribution in [0.2, 0.25) is 5.02 Å². The number of aryl methyl sites for hydroxylation is 1. The van der Waals surface area contributed by atoms with Crippen LogP contribution in [0.4, 0.5) is 4.39 Å². The fraction of sp³-hybridized carbons (Fsp3) is 0.458. The maximum absolute atomic E-state index is 13.7. The van der Waals surface area contributed by atoms with E-state index >= 15 is 0 Å². The molecule has 6 heteroatoms. The van der Waals surface area contributed by atoms with Crippen molar-refractivity contribution in [2.75, 3.05) is 20.1 Å². The molecule has 0 aliphatic carbocycles. The standard InChI is InChI=1S/C24H29ClFIN2O/c1-15-9-19(26)5-6-20(15)21-14-28-8-7-22(21)29(4)23(30)24(2,3)17-10-16(13-27)11-18(25)12-17/h5-6,9-12,21-22,28H,7-8,13-14H2,1-4H3/t21-,22+/m0/s1. The van der Waals surface area contributed by atoms with Crippen LogP contribution in [-0.2, 0) is 14.6 Å². The minimum Gasteiger partial charge on any atom is -0.341 e. The number of benzene rings is 2. The summed E-state index contributed by atoms with van der Waals surface area (Å²) >= 11 is 8.64. The van der Waals surface area contributed by atoms with Crippen LogP contribution in [0.25, 0.3) is 0 Å². The fourth-order valence-corrected chi connectivity index (χ4v) is 5.18. The van der Waals surface area contributed by atoms with Crippen LogP contribution in [0.15, 0.2) is 36.4 Å². The van der Waals surface area contributed by atoms with Crippen LogP contribution < -0.4 is 5.32 Å². The first-order valence-corrected chi connectivity index (χ1v) is 12.2. The number of halogens is 3. The third-order valence-corrected chi connectivity index (χ3v) is 7.36. The highest BCUT2D eigenvalue weighted by molar-refractivity contribution is 14.1. The zero-order valence-electron chi connectivity index (χ0n) is 17.9. The summed E-state index contributed by atoms with van der Waals surface area (Å²) in [5.74, 6) is -0.0386. The van der Waals surface area contributed by atoms with E-state index < -0.39 is 5.41 Å². The second-order valence-electron chi connectivity index (χ2n) is 8.69. The van der Waals surface area contributed by atoms with Gasteiger partial charge in [-0.15, -0.1) is 0 Å². The Kier molecular flexibility index (Phi) is 7.46. The van der Waals surface area contributed by atoms with Crippen LogP contribution in [0, 0.1) is 12.7 Å². The van der Waals surface area contributed by atoms with Crippen molar-refractivity contribution in [3.8, 4) is 0 Å². The lowest BCUT2D eigenvalue weighted by Gasteiger charge is -2.42. The van der Waals surface area contributed by atoms with Gasteiger partial charge in [0.1, 0.15) is 5.82 Å². The maximum atomic E-state index is 13.7. The van der Waals surface area contributed by atoms with E-state index in [1.165, 1.54) is 6.07 Å². The smallest absolute Gasteiger partial charge is 0.232 e. The molecule has 1 aliphatic heterocycles. The lowest BCUT2D eigenvalue weighted by atomic mass is 9.79. The molecule has 0 bridgehead atoms. The Morgan fingerprint density at radius 1 is 1.30 bits per heavy atom. The van der Waals surface area contributed by atoms with E-state index in [1.807, 2.05) is 50.9 Å². The third-order valence-electron chi connectivity index (χ3n) is 6.26. The number of piperidine rings is 1. The van der Waals surface area contributed by atoms with Gasteiger partial charge in [-0.1, -0.05) is 46.3 Å². The van der Waals surface area contributed by atoms with Gasteiger partial charge >= 0.3 is 0 Å². The normalized spacial score (nSPS) is 19.6. The average Bonchev–Trinajstić information content (AvgIpc) is 2.72. The van der Waals surface area contributed by atoms with Crippen LogP contribution in [0.5, 0.6) is 0 Å². The van der Waals surface area contributed by atoms with Gasteiger partial charge in [-0.3, -0.25) is 4.79 Å². The van der Waals surface area contributed by atoms with E-state index in [9.17, 15) is 9.18 Å². The molecule has 1 amide bonds. The van der Waals surface area contributed by atoms with Crippen molar-refractivity contribution in [1.82, 2.24) is 10.2 Å². The highest BCUT2D eigenvalue weighted by Gasteiger charge is 2.39. The van der Waals surface area contributed by atoms with Crippen LogP contribution in [-0.4, -0.2) is 37.0 Å². The van der Waals surface area contributed by atoms with Crippen molar-refractivity contribution in [2.45, 2.75) is 49.0 Å². The van der Waals surface area contributed by atoms with E-state index in [0.29, 0.717) is 5.02 Å².